The molecule has 0 saturated carbocycles. The zero-order chi connectivity index (χ0) is 23.5. The molecule has 3 aromatic carbocycles. The van der Waals surface area contributed by atoms with Gasteiger partial charge in [0.1, 0.15) is 6.54 Å². The molecule has 5 nitrogen and oxygen atoms in total. The number of anilines is 2. The van der Waals surface area contributed by atoms with Crippen molar-refractivity contribution in [2.24, 2.45) is 0 Å². The highest BCUT2D eigenvalue weighted by atomic mass is 35.5. The summed E-state index contributed by atoms with van der Waals surface area (Å²) in [5.74, 6) is -0.944. The number of para-hydroxylation sites is 1. The molecule has 0 aliphatic heterocycles. The van der Waals surface area contributed by atoms with Gasteiger partial charge in [-0.3, -0.25) is 9.10 Å². The Hall–Kier alpha value is -3.04. The lowest BCUT2D eigenvalue weighted by molar-refractivity contribution is -0.137. The third kappa shape index (κ3) is 5.23. The van der Waals surface area contributed by atoms with Gasteiger partial charge in [-0.25, -0.2) is 8.42 Å². The van der Waals surface area contributed by atoms with E-state index in [2.05, 4.69) is 5.32 Å². The van der Waals surface area contributed by atoms with Gasteiger partial charge in [0, 0.05) is 5.02 Å². The van der Waals surface area contributed by atoms with Crippen LogP contribution < -0.4 is 9.62 Å². The number of sulfonamides is 1. The van der Waals surface area contributed by atoms with Crippen LogP contribution in [0.4, 0.5) is 24.5 Å². The Morgan fingerprint density at radius 2 is 1.62 bits per heavy atom. The number of nitrogens with one attached hydrogen (secondary N) is 1. The Labute approximate surface area is 188 Å². The van der Waals surface area contributed by atoms with E-state index >= 15 is 0 Å². The van der Waals surface area contributed by atoms with Gasteiger partial charge in [0.2, 0.25) is 5.91 Å². The lowest BCUT2D eigenvalue weighted by Gasteiger charge is -2.26. The number of alkyl halides is 3. The van der Waals surface area contributed by atoms with Crippen molar-refractivity contribution >= 4 is 38.9 Å². The van der Waals surface area contributed by atoms with Crippen LogP contribution >= 0.6 is 11.6 Å². The Kier molecular flexibility index (Phi) is 6.80. The Balaban J connectivity index is 2.01. The summed E-state index contributed by atoms with van der Waals surface area (Å²) in [7, 11) is -4.23. The highest BCUT2D eigenvalue weighted by Gasteiger charge is 2.34. The molecular weight excluding hydrogens is 465 g/mol. The van der Waals surface area contributed by atoms with Crippen molar-refractivity contribution in [1.82, 2.24) is 0 Å². The fraction of sp³-hybridized carbons (Fsp3) is 0.136. The minimum Gasteiger partial charge on any atom is -0.324 e. The summed E-state index contributed by atoms with van der Waals surface area (Å²) < 4.78 is 67.3. The van der Waals surface area contributed by atoms with Crippen LogP contribution in [0.5, 0.6) is 0 Å². The number of aryl methyl sites for hydroxylation is 1. The van der Waals surface area contributed by atoms with E-state index in [4.69, 9.17) is 11.6 Å². The van der Waals surface area contributed by atoms with E-state index in [1.807, 2.05) is 0 Å². The lowest BCUT2D eigenvalue weighted by atomic mass is 10.1. The molecule has 3 aromatic rings. The van der Waals surface area contributed by atoms with Crippen molar-refractivity contribution in [3.8, 4) is 0 Å². The molecule has 3 rings (SSSR count). The van der Waals surface area contributed by atoms with Crippen LogP contribution in [0.1, 0.15) is 11.1 Å². The third-order valence-electron chi connectivity index (χ3n) is 4.56. The van der Waals surface area contributed by atoms with E-state index in [1.54, 1.807) is 25.1 Å². The monoisotopic (exact) mass is 482 g/mol. The van der Waals surface area contributed by atoms with E-state index in [-0.39, 0.29) is 15.6 Å². The average Bonchev–Trinajstić information content (AvgIpc) is 2.74. The first-order valence-electron chi connectivity index (χ1n) is 9.30. The maximum atomic E-state index is 13.3. The van der Waals surface area contributed by atoms with Gasteiger partial charge in [0.25, 0.3) is 10.0 Å². The summed E-state index contributed by atoms with van der Waals surface area (Å²) in [4.78, 5) is 12.7. The van der Waals surface area contributed by atoms with Gasteiger partial charge in [-0.15, -0.1) is 0 Å². The van der Waals surface area contributed by atoms with Crippen molar-refractivity contribution in [2.75, 3.05) is 16.2 Å². The smallest absolute Gasteiger partial charge is 0.324 e. The van der Waals surface area contributed by atoms with E-state index < -0.39 is 39.9 Å². The Bertz CT molecular complexity index is 1230. The Morgan fingerprint density at radius 3 is 2.28 bits per heavy atom. The molecule has 0 saturated heterocycles. The van der Waals surface area contributed by atoms with Gasteiger partial charge in [-0.1, -0.05) is 48.0 Å². The van der Waals surface area contributed by atoms with E-state index in [0.29, 0.717) is 5.56 Å². The number of carbonyl (C=O) groups excluding carboxylic acids is 1. The van der Waals surface area contributed by atoms with Gasteiger partial charge in [-0.05, 0) is 48.9 Å². The highest BCUT2D eigenvalue weighted by molar-refractivity contribution is 7.92. The van der Waals surface area contributed by atoms with Crippen LogP contribution in [0.2, 0.25) is 5.02 Å². The number of hydrogen-bond acceptors (Lipinski definition) is 3. The molecule has 168 valence electrons. The van der Waals surface area contributed by atoms with E-state index in [9.17, 15) is 26.4 Å². The fourth-order valence-corrected chi connectivity index (χ4v) is 4.69. The largest absolute Gasteiger partial charge is 0.418 e. The van der Waals surface area contributed by atoms with E-state index in [1.165, 1.54) is 42.5 Å². The number of hydrogen-bond donors (Lipinski definition) is 1. The van der Waals surface area contributed by atoms with Gasteiger partial charge in [-0.2, -0.15) is 13.2 Å². The van der Waals surface area contributed by atoms with Gasteiger partial charge in [0.15, 0.2) is 0 Å². The van der Waals surface area contributed by atoms with E-state index in [0.717, 1.165) is 16.4 Å². The minimum absolute atomic E-state index is 0.0807. The molecular formula is C22H18ClF3N2O3S. The maximum absolute atomic E-state index is 13.3. The minimum atomic E-state index is -4.69. The van der Waals surface area contributed by atoms with Gasteiger partial charge < -0.3 is 5.32 Å². The van der Waals surface area contributed by atoms with Crippen molar-refractivity contribution < 1.29 is 26.4 Å². The number of carbonyl (C=O) groups is 1. The van der Waals surface area contributed by atoms with Crippen molar-refractivity contribution in [1.29, 1.82) is 0 Å². The zero-order valence-electron chi connectivity index (χ0n) is 16.7. The summed E-state index contributed by atoms with van der Waals surface area (Å²) in [5.41, 5.74) is -0.854. The molecule has 1 amide bonds. The van der Waals surface area contributed by atoms with Gasteiger partial charge in [0.05, 0.1) is 21.8 Å². The topological polar surface area (TPSA) is 66.5 Å². The van der Waals surface area contributed by atoms with Crippen molar-refractivity contribution in [3.63, 3.8) is 0 Å². The standard InChI is InChI=1S/C22H18ClF3N2O3S/c1-15-11-12-16(23)13-20(15)28(32(30,31)17-7-3-2-4-8-17)14-21(29)27-19-10-6-5-9-18(19)22(24,25)26/h2-13H,14H2,1H3,(H,27,29). The predicted molar refractivity (Wildman–Crippen MR) is 117 cm³/mol. The predicted octanol–water partition coefficient (Wildman–Crippen LogP) is 5.50. The molecule has 0 aliphatic carbocycles. The second-order valence-corrected chi connectivity index (χ2v) is 9.15. The summed E-state index contributed by atoms with van der Waals surface area (Å²) in [6.07, 6.45) is -4.69. The van der Waals surface area contributed by atoms with Crippen LogP contribution in [0.3, 0.4) is 0 Å². The highest BCUT2D eigenvalue weighted by Crippen LogP contribution is 2.35. The number of halogens is 4. The number of amides is 1. The van der Waals surface area contributed by atoms with Crippen LogP contribution in [0, 0.1) is 6.92 Å². The summed E-state index contributed by atoms with van der Waals surface area (Å²) in [5, 5.41) is 2.41. The summed E-state index contributed by atoms with van der Waals surface area (Å²) >= 11 is 6.05. The molecule has 1 N–H and O–H groups in total. The van der Waals surface area contributed by atoms with Crippen molar-refractivity contribution in [3.05, 3.63) is 88.9 Å². The van der Waals surface area contributed by atoms with Crippen molar-refractivity contribution in [2.45, 2.75) is 18.0 Å². The molecule has 0 unspecified atom stereocenters. The first-order valence-corrected chi connectivity index (χ1v) is 11.1. The normalized spacial score (nSPS) is 11.8. The maximum Gasteiger partial charge on any atom is 0.418 e. The molecule has 32 heavy (non-hydrogen) atoms. The number of nitrogens with zero attached hydrogens (tertiary/aromatic N) is 1. The van der Waals surface area contributed by atoms with Crippen LogP contribution in [0.15, 0.2) is 77.7 Å². The number of rotatable bonds is 6. The van der Waals surface area contributed by atoms with Crippen LogP contribution in [-0.4, -0.2) is 20.9 Å². The number of benzene rings is 3. The second-order valence-electron chi connectivity index (χ2n) is 6.85. The second kappa shape index (κ2) is 9.22. The molecule has 0 aromatic heterocycles. The molecule has 10 heteroatoms. The first kappa shape index (κ1) is 23.6. The molecule has 0 bridgehead atoms. The van der Waals surface area contributed by atoms with Crippen LogP contribution in [-0.2, 0) is 21.0 Å². The molecule has 0 aliphatic rings. The molecule has 0 fully saturated rings. The molecule has 0 spiro atoms. The molecule has 0 atom stereocenters. The molecule has 0 heterocycles. The first-order chi connectivity index (χ1) is 15.0. The van der Waals surface area contributed by atoms with Crippen LogP contribution in [0.25, 0.3) is 0 Å². The third-order valence-corrected chi connectivity index (χ3v) is 6.57. The van der Waals surface area contributed by atoms with Gasteiger partial charge >= 0.3 is 6.18 Å². The molecule has 0 radical (unpaired) electrons. The lowest BCUT2D eigenvalue weighted by Crippen LogP contribution is -2.38. The zero-order valence-corrected chi connectivity index (χ0v) is 18.3. The summed E-state index contributed by atoms with van der Waals surface area (Å²) in [6.45, 7) is 0.876. The fourth-order valence-electron chi connectivity index (χ4n) is 3.03. The quantitative estimate of drug-likeness (QED) is 0.504. The Morgan fingerprint density at radius 1 is 1.00 bits per heavy atom. The summed E-state index contributed by atoms with van der Waals surface area (Å²) in [6, 6.07) is 16.4. The SMILES string of the molecule is Cc1ccc(Cl)cc1N(CC(=O)Nc1ccccc1C(F)(F)F)S(=O)(=O)c1ccccc1. The average molecular weight is 483 g/mol.